The van der Waals surface area contributed by atoms with Gasteiger partial charge < -0.3 is 4.74 Å². The van der Waals surface area contributed by atoms with E-state index in [2.05, 4.69) is 5.43 Å². The van der Waals surface area contributed by atoms with Crippen molar-refractivity contribution in [3.63, 3.8) is 0 Å². The summed E-state index contributed by atoms with van der Waals surface area (Å²) in [6, 6.07) is 18.7. The minimum atomic E-state index is -0.694. The Morgan fingerprint density at radius 3 is 2.14 bits per heavy atom. The van der Waals surface area contributed by atoms with E-state index in [-0.39, 0.29) is 25.6 Å². The van der Waals surface area contributed by atoms with Gasteiger partial charge in [-0.25, -0.2) is 20.2 Å². The number of rotatable bonds is 8. The van der Waals surface area contributed by atoms with Gasteiger partial charge in [0.1, 0.15) is 6.61 Å². The van der Waals surface area contributed by atoms with Crippen LogP contribution in [0.25, 0.3) is 0 Å². The lowest BCUT2D eigenvalue weighted by Gasteiger charge is -2.26. The quantitative estimate of drug-likeness (QED) is 0.540. The molecule has 0 saturated carbocycles. The second kappa shape index (κ2) is 11.1. The molecule has 28 heavy (non-hydrogen) atoms. The number of carbonyl (C=O) groups is 2. The van der Waals surface area contributed by atoms with Gasteiger partial charge in [0.05, 0.1) is 13.1 Å². The number of hydrogen-bond donors (Lipinski definition) is 2. The molecule has 0 bridgehead atoms. The monoisotopic (exact) mass is 384 g/mol. The van der Waals surface area contributed by atoms with Crippen LogP contribution in [0.15, 0.2) is 60.7 Å². The lowest BCUT2D eigenvalue weighted by Crippen LogP contribution is -2.51. The molecule has 0 aliphatic carbocycles. The maximum absolute atomic E-state index is 12.7. The Bertz CT molecular complexity index is 738. The SMILES string of the molecule is CC(C)CN(N)CC(=O)N(Cc1ccccc1)NC(=O)OCc1ccccc1. The number of nitrogens with zero attached hydrogens (tertiary/aromatic N) is 2. The molecule has 0 aromatic heterocycles. The average Bonchev–Trinajstić information content (AvgIpc) is 2.67. The normalized spacial score (nSPS) is 10.8. The van der Waals surface area contributed by atoms with Gasteiger partial charge in [-0.1, -0.05) is 74.5 Å². The van der Waals surface area contributed by atoms with Gasteiger partial charge in [-0.3, -0.25) is 10.6 Å². The van der Waals surface area contributed by atoms with E-state index in [1.165, 1.54) is 10.0 Å². The molecule has 3 N–H and O–H groups in total. The standard InChI is InChI=1S/C21H28N4O3/c1-17(2)13-24(22)15-20(26)25(14-18-9-5-3-6-10-18)23-21(27)28-16-19-11-7-4-8-12-19/h3-12,17H,13-16,22H2,1-2H3,(H,23,27). The third-order valence-electron chi connectivity index (χ3n) is 3.86. The Labute approximate surface area is 166 Å². The fourth-order valence-corrected chi connectivity index (χ4v) is 2.61. The first-order valence-corrected chi connectivity index (χ1v) is 9.25. The predicted molar refractivity (Wildman–Crippen MR) is 107 cm³/mol. The van der Waals surface area contributed by atoms with E-state index in [9.17, 15) is 9.59 Å². The Morgan fingerprint density at radius 2 is 1.57 bits per heavy atom. The lowest BCUT2D eigenvalue weighted by atomic mass is 10.2. The molecular formula is C21H28N4O3. The fourth-order valence-electron chi connectivity index (χ4n) is 2.61. The molecule has 2 amide bonds. The van der Waals surface area contributed by atoms with Gasteiger partial charge in [0, 0.05) is 6.54 Å². The summed E-state index contributed by atoms with van der Waals surface area (Å²) in [7, 11) is 0. The second-order valence-electron chi connectivity index (χ2n) is 6.96. The van der Waals surface area contributed by atoms with Crippen LogP contribution in [0, 0.1) is 5.92 Å². The zero-order valence-electron chi connectivity index (χ0n) is 16.4. The molecule has 0 unspecified atom stereocenters. The van der Waals surface area contributed by atoms with E-state index in [4.69, 9.17) is 10.6 Å². The van der Waals surface area contributed by atoms with E-state index < -0.39 is 6.09 Å². The smallest absolute Gasteiger partial charge is 0.426 e. The van der Waals surface area contributed by atoms with Gasteiger partial charge in [0.25, 0.3) is 5.91 Å². The fraction of sp³-hybridized carbons (Fsp3) is 0.333. The van der Waals surface area contributed by atoms with Crippen LogP contribution in [0.4, 0.5) is 4.79 Å². The molecule has 2 rings (SSSR count). The minimum Gasteiger partial charge on any atom is -0.443 e. The summed E-state index contributed by atoms with van der Waals surface area (Å²) in [6.45, 7) is 4.94. The van der Waals surface area contributed by atoms with E-state index >= 15 is 0 Å². The molecule has 7 nitrogen and oxygen atoms in total. The summed E-state index contributed by atoms with van der Waals surface area (Å²) >= 11 is 0. The van der Waals surface area contributed by atoms with E-state index in [0.29, 0.717) is 12.5 Å². The van der Waals surface area contributed by atoms with Crippen molar-refractivity contribution in [3.05, 3.63) is 71.8 Å². The van der Waals surface area contributed by atoms with Crippen LogP contribution < -0.4 is 11.3 Å². The van der Waals surface area contributed by atoms with Crippen molar-refractivity contribution in [3.8, 4) is 0 Å². The largest absolute Gasteiger partial charge is 0.443 e. The van der Waals surface area contributed by atoms with Crippen molar-refractivity contribution in [1.82, 2.24) is 15.4 Å². The number of carbonyl (C=O) groups excluding carboxylic acids is 2. The zero-order valence-corrected chi connectivity index (χ0v) is 16.4. The van der Waals surface area contributed by atoms with E-state index in [1.54, 1.807) is 0 Å². The number of amides is 2. The predicted octanol–water partition coefficient (Wildman–Crippen LogP) is 2.69. The molecule has 2 aromatic carbocycles. The van der Waals surface area contributed by atoms with Crippen molar-refractivity contribution >= 4 is 12.0 Å². The van der Waals surface area contributed by atoms with Crippen LogP contribution in [0.1, 0.15) is 25.0 Å². The summed E-state index contributed by atoms with van der Waals surface area (Å²) in [4.78, 5) is 24.9. The van der Waals surface area contributed by atoms with Crippen molar-refractivity contribution in [2.24, 2.45) is 11.8 Å². The van der Waals surface area contributed by atoms with Crippen LogP contribution in [-0.2, 0) is 22.7 Å². The van der Waals surface area contributed by atoms with Gasteiger partial charge in [0.15, 0.2) is 0 Å². The first kappa shape index (κ1) is 21.4. The summed E-state index contributed by atoms with van der Waals surface area (Å²) in [5.41, 5.74) is 4.28. The molecular weight excluding hydrogens is 356 g/mol. The number of benzene rings is 2. The molecule has 2 aromatic rings. The highest BCUT2D eigenvalue weighted by Crippen LogP contribution is 2.05. The third kappa shape index (κ3) is 7.77. The average molecular weight is 384 g/mol. The highest BCUT2D eigenvalue weighted by Gasteiger charge is 2.20. The second-order valence-corrected chi connectivity index (χ2v) is 6.96. The van der Waals surface area contributed by atoms with Crippen LogP contribution in [0.2, 0.25) is 0 Å². The Morgan fingerprint density at radius 1 is 1.00 bits per heavy atom. The van der Waals surface area contributed by atoms with Crippen LogP contribution >= 0.6 is 0 Å². The molecule has 0 spiro atoms. The number of nitrogens with one attached hydrogen (secondary N) is 1. The highest BCUT2D eigenvalue weighted by molar-refractivity contribution is 5.80. The Kier molecular flexibility index (Phi) is 8.45. The Balaban J connectivity index is 1.98. The molecule has 0 radical (unpaired) electrons. The van der Waals surface area contributed by atoms with Crippen molar-refractivity contribution < 1.29 is 14.3 Å². The van der Waals surface area contributed by atoms with Crippen molar-refractivity contribution in [2.45, 2.75) is 27.0 Å². The Hall–Kier alpha value is -2.90. The first-order valence-electron chi connectivity index (χ1n) is 9.25. The summed E-state index contributed by atoms with van der Waals surface area (Å²) in [5.74, 6) is 5.92. The number of hydrogen-bond acceptors (Lipinski definition) is 5. The van der Waals surface area contributed by atoms with E-state index in [1.807, 2.05) is 74.5 Å². The first-order chi connectivity index (χ1) is 13.4. The van der Waals surface area contributed by atoms with Gasteiger partial charge >= 0.3 is 6.09 Å². The molecule has 0 aliphatic rings. The molecule has 0 atom stereocenters. The van der Waals surface area contributed by atoms with Crippen LogP contribution in [0.3, 0.4) is 0 Å². The van der Waals surface area contributed by atoms with Gasteiger partial charge in [-0.05, 0) is 17.0 Å². The number of ether oxygens (including phenoxy) is 1. The van der Waals surface area contributed by atoms with Gasteiger partial charge in [-0.15, -0.1) is 0 Å². The lowest BCUT2D eigenvalue weighted by molar-refractivity contribution is -0.136. The molecule has 150 valence electrons. The summed E-state index contributed by atoms with van der Waals surface area (Å²) < 4.78 is 5.23. The van der Waals surface area contributed by atoms with Gasteiger partial charge in [-0.2, -0.15) is 0 Å². The van der Waals surface area contributed by atoms with Crippen LogP contribution in [0.5, 0.6) is 0 Å². The summed E-state index contributed by atoms with van der Waals surface area (Å²) in [6.07, 6.45) is -0.694. The molecule has 0 saturated heterocycles. The highest BCUT2D eigenvalue weighted by atomic mass is 16.6. The maximum Gasteiger partial charge on any atom is 0.426 e. The molecule has 0 fully saturated rings. The van der Waals surface area contributed by atoms with E-state index in [0.717, 1.165) is 11.1 Å². The topological polar surface area (TPSA) is 87.9 Å². The van der Waals surface area contributed by atoms with Crippen LogP contribution in [-0.4, -0.2) is 35.1 Å². The molecule has 7 heteroatoms. The zero-order chi connectivity index (χ0) is 20.4. The van der Waals surface area contributed by atoms with Gasteiger partial charge in [0.2, 0.25) is 0 Å². The van der Waals surface area contributed by atoms with Crippen molar-refractivity contribution in [2.75, 3.05) is 13.1 Å². The number of nitrogens with two attached hydrogens (primary N) is 1. The third-order valence-corrected chi connectivity index (χ3v) is 3.86. The molecule has 0 heterocycles. The summed E-state index contributed by atoms with van der Waals surface area (Å²) in [5, 5.41) is 2.69. The maximum atomic E-state index is 12.7. The minimum absolute atomic E-state index is 0.00994. The van der Waals surface area contributed by atoms with Crippen molar-refractivity contribution in [1.29, 1.82) is 0 Å². The molecule has 0 aliphatic heterocycles. The number of hydrazine groups is 2.